The number of unbranched alkanes of at least 4 members (excludes halogenated alkanes) is 1. The molecule has 0 amide bonds. The van der Waals surface area contributed by atoms with Gasteiger partial charge < -0.3 is 19.3 Å². The van der Waals surface area contributed by atoms with E-state index in [-0.39, 0.29) is 5.56 Å². The SMILES string of the molecule is CN=C(NCCCCn1ccccc1=O)N1CCN(Cc2ccon2)CC1. The molecule has 8 nitrogen and oxygen atoms in total. The van der Waals surface area contributed by atoms with Gasteiger partial charge >= 0.3 is 0 Å². The molecule has 0 radical (unpaired) electrons. The molecule has 1 aliphatic heterocycles. The minimum atomic E-state index is 0.0600. The van der Waals surface area contributed by atoms with Gasteiger partial charge in [-0.2, -0.15) is 0 Å². The van der Waals surface area contributed by atoms with Crippen molar-refractivity contribution in [3.8, 4) is 0 Å². The van der Waals surface area contributed by atoms with Crippen LogP contribution in [0.2, 0.25) is 0 Å². The van der Waals surface area contributed by atoms with E-state index in [4.69, 9.17) is 4.52 Å². The molecule has 3 heterocycles. The van der Waals surface area contributed by atoms with Gasteiger partial charge in [0, 0.05) is 71.2 Å². The zero-order valence-electron chi connectivity index (χ0n) is 15.9. The number of aryl methyl sites for hydroxylation is 1. The molecular formula is C19H28N6O2. The predicted octanol–water partition coefficient (Wildman–Crippen LogP) is 1.01. The van der Waals surface area contributed by atoms with Crippen LogP contribution in [-0.2, 0) is 13.1 Å². The lowest BCUT2D eigenvalue weighted by molar-refractivity contribution is 0.169. The summed E-state index contributed by atoms with van der Waals surface area (Å²) in [5.74, 6) is 0.952. The minimum Gasteiger partial charge on any atom is -0.364 e. The summed E-state index contributed by atoms with van der Waals surface area (Å²) in [6.45, 7) is 6.27. The lowest BCUT2D eigenvalue weighted by atomic mass is 10.3. The third-order valence-electron chi connectivity index (χ3n) is 4.77. The second-order valence-corrected chi connectivity index (χ2v) is 6.67. The Morgan fingerprint density at radius 2 is 2.07 bits per heavy atom. The van der Waals surface area contributed by atoms with Crippen LogP contribution in [0.1, 0.15) is 18.5 Å². The highest BCUT2D eigenvalue weighted by Gasteiger charge is 2.20. The van der Waals surface area contributed by atoms with Crippen LogP contribution >= 0.6 is 0 Å². The maximum Gasteiger partial charge on any atom is 0.250 e. The zero-order chi connectivity index (χ0) is 18.9. The third-order valence-corrected chi connectivity index (χ3v) is 4.77. The predicted molar refractivity (Wildman–Crippen MR) is 105 cm³/mol. The van der Waals surface area contributed by atoms with Gasteiger partial charge in [-0.15, -0.1) is 0 Å². The molecule has 2 aromatic heterocycles. The quantitative estimate of drug-likeness (QED) is 0.444. The maximum absolute atomic E-state index is 11.7. The minimum absolute atomic E-state index is 0.0600. The van der Waals surface area contributed by atoms with Crippen LogP contribution in [0.15, 0.2) is 51.0 Å². The van der Waals surface area contributed by atoms with E-state index in [0.717, 1.165) is 70.3 Å². The van der Waals surface area contributed by atoms with Crippen molar-refractivity contribution in [3.05, 3.63) is 52.8 Å². The molecule has 146 valence electrons. The van der Waals surface area contributed by atoms with Crippen molar-refractivity contribution in [3.63, 3.8) is 0 Å². The van der Waals surface area contributed by atoms with Crippen molar-refractivity contribution in [1.82, 2.24) is 24.8 Å². The number of piperazine rings is 1. The average Bonchev–Trinajstić information content (AvgIpc) is 3.20. The summed E-state index contributed by atoms with van der Waals surface area (Å²) in [6.07, 6.45) is 5.41. The van der Waals surface area contributed by atoms with Crippen molar-refractivity contribution >= 4 is 5.96 Å². The highest BCUT2D eigenvalue weighted by molar-refractivity contribution is 5.79. The van der Waals surface area contributed by atoms with Gasteiger partial charge in [-0.05, 0) is 18.9 Å². The number of hydrogen-bond donors (Lipinski definition) is 1. The summed E-state index contributed by atoms with van der Waals surface area (Å²) in [7, 11) is 1.83. The molecule has 0 aromatic carbocycles. The largest absolute Gasteiger partial charge is 0.364 e. The second-order valence-electron chi connectivity index (χ2n) is 6.67. The molecule has 0 bridgehead atoms. The summed E-state index contributed by atoms with van der Waals surface area (Å²) >= 11 is 0. The van der Waals surface area contributed by atoms with Crippen LogP contribution in [-0.4, -0.2) is 65.3 Å². The number of nitrogens with zero attached hydrogens (tertiary/aromatic N) is 5. The number of rotatable bonds is 7. The molecule has 0 atom stereocenters. The molecule has 1 aliphatic rings. The Bertz CT molecular complexity index is 763. The molecule has 0 unspecified atom stereocenters. The Labute approximate surface area is 159 Å². The first-order chi connectivity index (χ1) is 13.3. The van der Waals surface area contributed by atoms with E-state index >= 15 is 0 Å². The Balaban J connectivity index is 1.35. The number of nitrogens with one attached hydrogen (secondary N) is 1. The summed E-state index contributed by atoms with van der Waals surface area (Å²) in [5.41, 5.74) is 1.04. The molecule has 1 saturated heterocycles. The fourth-order valence-corrected chi connectivity index (χ4v) is 3.25. The van der Waals surface area contributed by atoms with Crippen molar-refractivity contribution in [2.24, 2.45) is 4.99 Å². The van der Waals surface area contributed by atoms with Gasteiger partial charge in [0.25, 0.3) is 0 Å². The van der Waals surface area contributed by atoms with Crippen molar-refractivity contribution in [2.45, 2.75) is 25.9 Å². The Morgan fingerprint density at radius 3 is 2.78 bits per heavy atom. The molecule has 1 N–H and O–H groups in total. The average molecular weight is 372 g/mol. The van der Waals surface area contributed by atoms with Gasteiger partial charge in [0.05, 0.1) is 5.69 Å². The summed E-state index contributed by atoms with van der Waals surface area (Å²) in [5, 5.41) is 7.42. The van der Waals surface area contributed by atoms with Crippen molar-refractivity contribution in [1.29, 1.82) is 0 Å². The first-order valence-corrected chi connectivity index (χ1v) is 9.49. The van der Waals surface area contributed by atoms with Gasteiger partial charge in [0.2, 0.25) is 5.56 Å². The zero-order valence-corrected chi connectivity index (χ0v) is 15.9. The van der Waals surface area contributed by atoms with Gasteiger partial charge in [-0.3, -0.25) is 14.7 Å². The van der Waals surface area contributed by atoms with Gasteiger partial charge in [-0.25, -0.2) is 0 Å². The number of guanidine groups is 1. The van der Waals surface area contributed by atoms with Gasteiger partial charge in [0.15, 0.2) is 5.96 Å². The smallest absolute Gasteiger partial charge is 0.250 e. The Kier molecular flexibility index (Phi) is 7.04. The molecule has 2 aromatic rings. The summed E-state index contributed by atoms with van der Waals surface area (Å²) in [6, 6.07) is 7.18. The maximum atomic E-state index is 11.7. The van der Waals surface area contributed by atoms with Crippen LogP contribution in [0.4, 0.5) is 0 Å². The fourth-order valence-electron chi connectivity index (χ4n) is 3.25. The third kappa shape index (κ3) is 5.68. The van der Waals surface area contributed by atoms with Crippen LogP contribution < -0.4 is 10.9 Å². The van der Waals surface area contributed by atoms with Crippen LogP contribution in [0.3, 0.4) is 0 Å². The topological polar surface area (TPSA) is 78.9 Å². The van der Waals surface area contributed by atoms with E-state index in [1.165, 1.54) is 0 Å². The fraction of sp³-hybridized carbons (Fsp3) is 0.526. The monoisotopic (exact) mass is 372 g/mol. The highest BCUT2D eigenvalue weighted by Crippen LogP contribution is 2.07. The molecule has 0 saturated carbocycles. The molecule has 0 aliphatic carbocycles. The number of aliphatic imine (C=N–C) groups is 1. The second kappa shape index (κ2) is 9.91. The molecule has 0 spiro atoms. The van der Waals surface area contributed by atoms with Gasteiger partial charge in [0.1, 0.15) is 6.26 Å². The van der Waals surface area contributed by atoms with Crippen LogP contribution in [0, 0.1) is 0 Å². The number of hydrogen-bond acceptors (Lipinski definition) is 5. The highest BCUT2D eigenvalue weighted by atomic mass is 16.5. The Hall–Kier alpha value is -2.61. The standard InChI is InChI=1S/C19H28N6O2/c1-20-19(21-8-3-5-10-24-9-4-2-6-18(24)26)25-13-11-23(12-14-25)16-17-7-15-27-22-17/h2,4,6-7,9,15H,3,5,8,10-14,16H2,1H3,(H,20,21). The van der Waals surface area contributed by atoms with Crippen molar-refractivity contribution < 1.29 is 4.52 Å². The number of aromatic nitrogens is 2. The van der Waals surface area contributed by atoms with E-state index in [1.807, 2.05) is 25.4 Å². The van der Waals surface area contributed by atoms with E-state index in [9.17, 15) is 4.79 Å². The first kappa shape index (κ1) is 19.2. The molecule has 8 heteroatoms. The molecule has 3 rings (SSSR count). The van der Waals surface area contributed by atoms with E-state index < -0.39 is 0 Å². The van der Waals surface area contributed by atoms with E-state index in [1.54, 1.807) is 23.0 Å². The van der Waals surface area contributed by atoms with Crippen LogP contribution in [0.25, 0.3) is 0 Å². The molecule has 1 fully saturated rings. The normalized spacial score (nSPS) is 15.9. The first-order valence-electron chi connectivity index (χ1n) is 9.49. The number of pyridine rings is 1. The van der Waals surface area contributed by atoms with Gasteiger partial charge in [-0.1, -0.05) is 11.2 Å². The van der Waals surface area contributed by atoms with Crippen molar-refractivity contribution in [2.75, 3.05) is 39.8 Å². The van der Waals surface area contributed by atoms with Crippen LogP contribution in [0.5, 0.6) is 0 Å². The summed E-state index contributed by atoms with van der Waals surface area (Å²) < 4.78 is 6.65. The lowest BCUT2D eigenvalue weighted by Crippen LogP contribution is -2.52. The van der Waals surface area contributed by atoms with E-state index in [0.29, 0.717) is 0 Å². The summed E-state index contributed by atoms with van der Waals surface area (Å²) in [4.78, 5) is 20.8. The molecule has 27 heavy (non-hydrogen) atoms. The van der Waals surface area contributed by atoms with E-state index in [2.05, 4.69) is 25.3 Å². The Morgan fingerprint density at radius 1 is 1.22 bits per heavy atom. The lowest BCUT2D eigenvalue weighted by Gasteiger charge is -2.36. The molecular weight excluding hydrogens is 344 g/mol.